The highest BCUT2D eigenvalue weighted by Gasteiger charge is 2.66. The molecule has 1 saturated heterocycles. The molecule has 2 saturated carbocycles. The van der Waals surface area contributed by atoms with Gasteiger partial charge in [0.1, 0.15) is 5.44 Å². The smallest absolute Gasteiger partial charge is 0.160 e. The highest BCUT2D eigenvalue weighted by Crippen LogP contribution is 2.70. The molecule has 0 amide bonds. The van der Waals surface area contributed by atoms with Crippen LogP contribution in [0.25, 0.3) is 0 Å². The van der Waals surface area contributed by atoms with Gasteiger partial charge in [0.2, 0.25) is 0 Å². The molecule has 4 atom stereocenters. The van der Waals surface area contributed by atoms with Gasteiger partial charge >= 0.3 is 0 Å². The van der Waals surface area contributed by atoms with E-state index in [1.807, 2.05) is 23.9 Å². The van der Waals surface area contributed by atoms with E-state index in [2.05, 4.69) is 13.8 Å². The van der Waals surface area contributed by atoms with Crippen molar-refractivity contribution in [1.29, 1.82) is 0 Å². The van der Waals surface area contributed by atoms with Crippen LogP contribution in [0.5, 0.6) is 11.5 Å². The van der Waals surface area contributed by atoms with Crippen LogP contribution in [0.3, 0.4) is 0 Å². The molecule has 4 heteroatoms. The maximum absolute atomic E-state index is 10.0. The first-order chi connectivity index (χ1) is 10.5. The minimum atomic E-state index is 0.0302. The van der Waals surface area contributed by atoms with Crippen LogP contribution in [0.15, 0.2) is 18.2 Å². The van der Waals surface area contributed by atoms with Crippen LogP contribution in [-0.2, 0) is 4.74 Å². The van der Waals surface area contributed by atoms with E-state index in [4.69, 9.17) is 9.47 Å². The zero-order chi connectivity index (χ0) is 15.5. The number of methoxy groups -OCH3 is 1. The summed E-state index contributed by atoms with van der Waals surface area (Å²) in [5.41, 5.74) is 1.83. The number of fused-ring (bicyclic) bond motifs is 1. The fourth-order valence-corrected chi connectivity index (χ4v) is 6.67. The average molecular weight is 320 g/mol. The van der Waals surface area contributed by atoms with Gasteiger partial charge in [-0.25, -0.2) is 0 Å². The normalized spacial score (nSPS) is 38.8. The van der Waals surface area contributed by atoms with Crippen LogP contribution in [0.2, 0.25) is 0 Å². The summed E-state index contributed by atoms with van der Waals surface area (Å²) in [6.07, 6.45) is 4.24. The molecule has 1 spiro atoms. The summed E-state index contributed by atoms with van der Waals surface area (Å²) in [6.45, 7) is 4.88. The number of aromatic hydroxyl groups is 1. The van der Waals surface area contributed by atoms with Crippen molar-refractivity contribution in [2.45, 2.75) is 44.6 Å². The highest BCUT2D eigenvalue weighted by molar-refractivity contribution is 7.99. The lowest BCUT2D eigenvalue weighted by atomic mass is 9.69. The minimum absolute atomic E-state index is 0.0302. The maximum atomic E-state index is 10.0. The molecule has 1 heterocycles. The zero-order valence-corrected chi connectivity index (χ0v) is 14.3. The van der Waals surface area contributed by atoms with Crippen molar-refractivity contribution in [2.24, 2.45) is 16.7 Å². The van der Waals surface area contributed by atoms with E-state index in [0.717, 1.165) is 11.5 Å². The lowest BCUT2D eigenvalue weighted by Gasteiger charge is -2.47. The fourth-order valence-electron chi connectivity index (χ4n) is 4.97. The van der Waals surface area contributed by atoms with E-state index in [1.165, 1.54) is 25.0 Å². The number of ether oxygens (including phenoxy) is 2. The van der Waals surface area contributed by atoms with Gasteiger partial charge in [-0.05, 0) is 48.3 Å². The van der Waals surface area contributed by atoms with Crippen LogP contribution in [0.4, 0.5) is 0 Å². The van der Waals surface area contributed by atoms with Crippen LogP contribution < -0.4 is 4.74 Å². The molecule has 3 aliphatic rings. The van der Waals surface area contributed by atoms with Gasteiger partial charge in [-0.2, -0.15) is 0 Å². The van der Waals surface area contributed by atoms with Crippen molar-refractivity contribution < 1.29 is 14.6 Å². The average Bonchev–Trinajstić information content (AvgIpc) is 2.88. The molecule has 120 valence electrons. The van der Waals surface area contributed by atoms with Gasteiger partial charge in [0.05, 0.1) is 13.2 Å². The van der Waals surface area contributed by atoms with Crippen molar-refractivity contribution in [1.82, 2.24) is 0 Å². The molecule has 2 bridgehead atoms. The topological polar surface area (TPSA) is 38.7 Å². The molecule has 0 aromatic heterocycles. The summed E-state index contributed by atoms with van der Waals surface area (Å²) in [6, 6.07) is 5.61. The number of rotatable bonds is 2. The molecule has 2 aliphatic carbocycles. The monoisotopic (exact) mass is 320 g/mol. The van der Waals surface area contributed by atoms with Crippen LogP contribution in [0, 0.1) is 16.7 Å². The van der Waals surface area contributed by atoms with Gasteiger partial charge in [0, 0.05) is 11.2 Å². The second-order valence-corrected chi connectivity index (χ2v) is 8.60. The van der Waals surface area contributed by atoms with Gasteiger partial charge in [-0.3, -0.25) is 0 Å². The van der Waals surface area contributed by atoms with Crippen molar-refractivity contribution in [3.05, 3.63) is 23.8 Å². The van der Waals surface area contributed by atoms with Crippen LogP contribution >= 0.6 is 11.8 Å². The second-order valence-electron chi connectivity index (χ2n) is 7.55. The maximum Gasteiger partial charge on any atom is 0.160 e. The summed E-state index contributed by atoms with van der Waals surface area (Å²) in [4.78, 5) is 0. The Hall–Kier alpha value is -0.870. The molecule has 3 nitrogen and oxygen atoms in total. The molecule has 1 aromatic rings. The third-order valence-corrected chi connectivity index (χ3v) is 7.98. The Morgan fingerprint density at radius 2 is 2.18 bits per heavy atom. The predicted octanol–water partition coefficient (Wildman–Crippen LogP) is 4.36. The zero-order valence-electron chi connectivity index (χ0n) is 13.5. The third-order valence-electron chi connectivity index (χ3n) is 6.61. The number of phenolic OH excluding ortho intramolecular Hbond substituents is 1. The van der Waals surface area contributed by atoms with Crippen LogP contribution in [0.1, 0.15) is 44.1 Å². The molecule has 3 fully saturated rings. The van der Waals surface area contributed by atoms with Gasteiger partial charge in [-0.1, -0.05) is 19.9 Å². The summed E-state index contributed by atoms with van der Waals surface area (Å²) >= 11 is 1.89. The number of thioether (sulfide) groups is 1. The lowest BCUT2D eigenvalue weighted by Crippen LogP contribution is -2.45. The number of hydrogen-bond acceptors (Lipinski definition) is 4. The Bertz CT molecular complexity index is 600. The molecule has 0 unspecified atom stereocenters. The van der Waals surface area contributed by atoms with Crippen LogP contribution in [-0.4, -0.2) is 24.1 Å². The lowest BCUT2D eigenvalue weighted by molar-refractivity contribution is -0.0670. The standard InChI is InChI=1S/C18H24O3S/c1-17(2)12-6-7-18(17)10-22-16(21-15(18)9-12)11-4-5-14(20-3)13(19)8-11/h4-5,8,12,15-16,19H,6-7,9-10H2,1-3H3/t12-,15+,16+,18-/m1/s1. The van der Waals surface area contributed by atoms with Crippen molar-refractivity contribution >= 4 is 11.8 Å². The van der Waals surface area contributed by atoms with E-state index < -0.39 is 0 Å². The minimum Gasteiger partial charge on any atom is -0.504 e. The second kappa shape index (κ2) is 4.81. The molecule has 22 heavy (non-hydrogen) atoms. The van der Waals surface area contributed by atoms with E-state index in [0.29, 0.717) is 22.7 Å². The Morgan fingerprint density at radius 1 is 1.36 bits per heavy atom. The van der Waals surface area contributed by atoms with E-state index in [9.17, 15) is 5.11 Å². The summed E-state index contributed by atoms with van der Waals surface area (Å²) in [5.74, 6) is 2.68. The van der Waals surface area contributed by atoms with E-state index in [1.54, 1.807) is 13.2 Å². The van der Waals surface area contributed by atoms with E-state index >= 15 is 0 Å². The summed E-state index contributed by atoms with van der Waals surface area (Å²) < 4.78 is 11.6. The third kappa shape index (κ3) is 1.80. The predicted molar refractivity (Wildman–Crippen MR) is 88.3 cm³/mol. The Morgan fingerprint density at radius 3 is 2.86 bits per heavy atom. The molecule has 1 aromatic carbocycles. The Balaban J connectivity index is 1.58. The number of phenols is 1. The van der Waals surface area contributed by atoms with Gasteiger partial charge in [0.25, 0.3) is 0 Å². The van der Waals surface area contributed by atoms with Gasteiger partial charge in [-0.15, -0.1) is 11.8 Å². The van der Waals surface area contributed by atoms with Crippen molar-refractivity contribution in [3.63, 3.8) is 0 Å². The number of hydrogen-bond donors (Lipinski definition) is 1. The number of benzene rings is 1. The molecular formula is C18H24O3S. The summed E-state index contributed by atoms with van der Waals surface area (Å²) in [7, 11) is 1.57. The molecular weight excluding hydrogens is 296 g/mol. The molecule has 4 rings (SSSR count). The first kappa shape index (κ1) is 14.7. The highest BCUT2D eigenvalue weighted by atomic mass is 32.2. The van der Waals surface area contributed by atoms with Crippen molar-refractivity contribution in [2.75, 3.05) is 12.9 Å². The first-order valence-corrected chi connectivity index (χ1v) is 9.17. The quantitative estimate of drug-likeness (QED) is 0.879. The summed E-state index contributed by atoms with van der Waals surface area (Å²) in [5, 5.41) is 10.0. The Kier molecular flexibility index (Phi) is 3.22. The van der Waals surface area contributed by atoms with E-state index in [-0.39, 0.29) is 11.2 Å². The molecule has 1 aliphatic heterocycles. The van der Waals surface area contributed by atoms with Gasteiger partial charge < -0.3 is 14.6 Å². The fraction of sp³-hybridized carbons (Fsp3) is 0.667. The molecule has 1 N–H and O–H groups in total. The SMILES string of the molecule is COc1ccc([C@H]2O[C@H]3C[C@H]4CC[C@]3(CS2)C4(C)C)cc1O. The largest absolute Gasteiger partial charge is 0.504 e. The van der Waals surface area contributed by atoms with Gasteiger partial charge in [0.15, 0.2) is 11.5 Å². The molecule has 0 radical (unpaired) electrons. The van der Waals surface area contributed by atoms with Crippen molar-refractivity contribution in [3.8, 4) is 11.5 Å². The Labute approximate surface area is 136 Å². The first-order valence-electron chi connectivity index (χ1n) is 8.12.